The summed E-state index contributed by atoms with van der Waals surface area (Å²) in [7, 11) is 0. The standard InChI is InChI=1S/C18H22N2O3S/c21-17(19-23)7-3-4-13-8-10-20(11-9-13)18(22)16-12-14-5-1-2-6-15(14)24-16/h1-2,5-6,12-13,23H,3-4,7-11H2,(H,19,21). The number of likely N-dealkylation sites (tertiary alicyclic amines) is 1. The summed E-state index contributed by atoms with van der Waals surface area (Å²) >= 11 is 1.56. The van der Waals surface area contributed by atoms with E-state index in [4.69, 9.17) is 5.21 Å². The average molecular weight is 346 g/mol. The molecule has 1 fully saturated rings. The Balaban J connectivity index is 1.50. The predicted octanol–water partition coefficient (Wildman–Crippen LogP) is 3.43. The Morgan fingerprint density at radius 2 is 2.00 bits per heavy atom. The van der Waals surface area contributed by atoms with Gasteiger partial charge in [0.05, 0.1) is 4.88 Å². The van der Waals surface area contributed by atoms with Crippen LogP contribution < -0.4 is 5.48 Å². The molecule has 0 spiro atoms. The summed E-state index contributed by atoms with van der Waals surface area (Å²) in [5, 5.41) is 9.61. The monoisotopic (exact) mass is 346 g/mol. The highest BCUT2D eigenvalue weighted by atomic mass is 32.1. The molecule has 0 bridgehead atoms. The van der Waals surface area contributed by atoms with Gasteiger partial charge in [-0.25, -0.2) is 5.48 Å². The lowest BCUT2D eigenvalue weighted by Gasteiger charge is -2.31. The Morgan fingerprint density at radius 3 is 2.71 bits per heavy atom. The van der Waals surface area contributed by atoms with Crippen molar-refractivity contribution in [3.63, 3.8) is 0 Å². The van der Waals surface area contributed by atoms with E-state index in [2.05, 4.69) is 0 Å². The molecular formula is C18H22N2O3S. The number of carbonyl (C=O) groups excluding carboxylic acids is 2. The quantitative estimate of drug-likeness (QED) is 0.644. The minimum absolute atomic E-state index is 0.134. The van der Waals surface area contributed by atoms with Crippen molar-refractivity contribution >= 4 is 33.2 Å². The summed E-state index contributed by atoms with van der Waals surface area (Å²) in [6, 6.07) is 10.1. The van der Waals surface area contributed by atoms with E-state index in [1.54, 1.807) is 16.8 Å². The van der Waals surface area contributed by atoms with E-state index >= 15 is 0 Å². The maximum atomic E-state index is 12.7. The van der Waals surface area contributed by atoms with Crippen LogP contribution >= 0.6 is 11.3 Å². The number of hydroxylamine groups is 1. The zero-order valence-electron chi connectivity index (χ0n) is 13.5. The van der Waals surface area contributed by atoms with Crippen molar-refractivity contribution in [2.45, 2.75) is 32.1 Å². The molecule has 24 heavy (non-hydrogen) atoms. The second kappa shape index (κ2) is 7.77. The lowest BCUT2D eigenvalue weighted by atomic mass is 9.91. The molecule has 0 aliphatic carbocycles. The van der Waals surface area contributed by atoms with E-state index in [1.165, 1.54) is 0 Å². The van der Waals surface area contributed by atoms with Crippen molar-refractivity contribution in [3.05, 3.63) is 35.2 Å². The van der Waals surface area contributed by atoms with Crippen molar-refractivity contribution in [3.8, 4) is 0 Å². The third kappa shape index (κ3) is 3.94. The zero-order valence-corrected chi connectivity index (χ0v) is 14.3. The Labute approximate surface area is 145 Å². The first kappa shape index (κ1) is 16.9. The molecule has 5 nitrogen and oxygen atoms in total. The van der Waals surface area contributed by atoms with E-state index in [-0.39, 0.29) is 11.8 Å². The van der Waals surface area contributed by atoms with Gasteiger partial charge in [0.25, 0.3) is 5.91 Å². The summed E-state index contributed by atoms with van der Waals surface area (Å²) in [5.74, 6) is 0.365. The molecule has 0 radical (unpaired) electrons. The number of nitrogens with one attached hydrogen (secondary N) is 1. The highest BCUT2D eigenvalue weighted by Gasteiger charge is 2.24. The van der Waals surface area contributed by atoms with Crippen LogP contribution in [-0.2, 0) is 4.79 Å². The predicted molar refractivity (Wildman–Crippen MR) is 94.2 cm³/mol. The van der Waals surface area contributed by atoms with Crippen molar-refractivity contribution in [2.75, 3.05) is 13.1 Å². The van der Waals surface area contributed by atoms with Crippen molar-refractivity contribution in [1.82, 2.24) is 10.4 Å². The Bertz CT molecular complexity index is 687. The molecule has 3 rings (SSSR count). The fourth-order valence-electron chi connectivity index (χ4n) is 3.28. The van der Waals surface area contributed by atoms with Gasteiger partial charge < -0.3 is 4.90 Å². The maximum Gasteiger partial charge on any atom is 0.263 e. The lowest BCUT2D eigenvalue weighted by Crippen LogP contribution is -2.38. The largest absolute Gasteiger partial charge is 0.338 e. The fraction of sp³-hybridized carbons (Fsp3) is 0.444. The van der Waals surface area contributed by atoms with Gasteiger partial charge in [0.15, 0.2) is 0 Å². The van der Waals surface area contributed by atoms with Crippen LogP contribution in [0.2, 0.25) is 0 Å². The number of hydrogen-bond acceptors (Lipinski definition) is 4. The first-order valence-electron chi connectivity index (χ1n) is 8.38. The van der Waals surface area contributed by atoms with Gasteiger partial charge in [0, 0.05) is 24.2 Å². The highest BCUT2D eigenvalue weighted by molar-refractivity contribution is 7.20. The Kier molecular flexibility index (Phi) is 5.48. The van der Waals surface area contributed by atoms with Crippen molar-refractivity contribution in [2.24, 2.45) is 5.92 Å². The molecule has 2 amide bonds. The van der Waals surface area contributed by atoms with E-state index in [0.717, 1.165) is 53.7 Å². The van der Waals surface area contributed by atoms with Gasteiger partial charge in [-0.2, -0.15) is 0 Å². The third-order valence-corrected chi connectivity index (χ3v) is 5.78. The molecule has 0 atom stereocenters. The Hall–Kier alpha value is -1.92. The molecule has 6 heteroatoms. The number of hydrogen-bond donors (Lipinski definition) is 2. The van der Waals surface area contributed by atoms with Crippen LogP contribution in [-0.4, -0.2) is 35.0 Å². The van der Waals surface area contributed by atoms with Crippen molar-refractivity contribution < 1.29 is 14.8 Å². The van der Waals surface area contributed by atoms with E-state index < -0.39 is 0 Å². The van der Waals surface area contributed by atoms with Gasteiger partial charge >= 0.3 is 0 Å². The SMILES string of the molecule is O=C(CCCC1CCN(C(=O)c2cc3ccccc3s2)CC1)NO. The minimum atomic E-state index is -0.327. The van der Waals surface area contributed by atoms with E-state index in [0.29, 0.717) is 12.3 Å². The van der Waals surface area contributed by atoms with Crippen molar-refractivity contribution in [1.29, 1.82) is 0 Å². The number of thiophene rings is 1. The summed E-state index contributed by atoms with van der Waals surface area (Å²) in [4.78, 5) is 26.4. The molecule has 0 saturated carbocycles. The smallest absolute Gasteiger partial charge is 0.263 e. The average Bonchev–Trinajstić information content (AvgIpc) is 3.05. The fourth-order valence-corrected chi connectivity index (χ4v) is 4.31. The van der Waals surface area contributed by atoms with Gasteiger partial charge in [-0.15, -0.1) is 11.3 Å². The van der Waals surface area contributed by atoms with E-state index in [9.17, 15) is 9.59 Å². The summed E-state index contributed by atoms with van der Waals surface area (Å²) in [6.07, 6.45) is 4.08. The third-order valence-electron chi connectivity index (χ3n) is 4.68. The van der Waals surface area contributed by atoms with E-state index in [1.807, 2.05) is 35.2 Å². The molecule has 128 valence electrons. The molecule has 1 aliphatic heterocycles. The molecule has 1 saturated heterocycles. The van der Waals surface area contributed by atoms with Crippen LogP contribution in [0.5, 0.6) is 0 Å². The number of fused-ring (bicyclic) bond motifs is 1. The van der Waals surface area contributed by atoms with Gasteiger partial charge in [0.1, 0.15) is 0 Å². The summed E-state index contributed by atoms with van der Waals surface area (Å²) in [6.45, 7) is 1.56. The minimum Gasteiger partial charge on any atom is -0.338 e. The first-order chi connectivity index (χ1) is 11.7. The topological polar surface area (TPSA) is 69.6 Å². The zero-order chi connectivity index (χ0) is 16.9. The van der Waals surface area contributed by atoms with Gasteiger partial charge in [-0.3, -0.25) is 14.8 Å². The summed E-state index contributed by atoms with van der Waals surface area (Å²) < 4.78 is 1.15. The van der Waals surface area contributed by atoms with Crippen LogP contribution in [0.25, 0.3) is 10.1 Å². The molecule has 0 unspecified atom stereocenters. The Morgan fingerprint density at radius 1 is 1.25 bits per heavy atom. The maximum absolute atomic E-state index is 12.7. The number of rotatable bonds is 5. The first-order valence-corrected chi connectivity index (χ1v) is 9.20. The van der Waals surface area contributed by atoms with Gasteiger partial charge in [-0.1, -0.05) is 18.2 Å². The number of nitrogens with zero attached hydrogens (tertiary/aromatic N) is 1. The van der Waals surface area contributed by atoms with Crippen LogP contribution in [0.3, 0.4) is 0 Å². The summed E-state index contributed by atoms with van der Waals surface area (Å²) in [5.41, 5.74) is 1.66. The normalized spacial score (nSPS) is 15.6. The molecular weight excluding hydrogens is 324 g/mol. The molecule has 2 N–H and O–H groups in total. The number of piperidine rings is 1. The van der Waals surface area contributed by atoms with Crippen LogP contribution in [0.1, 0.15) is 41.8 Å². The number of carbonyl (C=O) groups is 2. The van der Waals surface area contributed by atoms with Crippen LogP contribution in [0, 0.1) is 5.92 Å². The van der Waals surface area contributed by atoms with Crippen LogP contribution in [0.4, 0.5) is 0 Å². The molecule has 1 aliphatic rings. The number of benzene rings is 1. The molecule has 2 aromatic rings. The molecule has 2 heterocycles. The second-order valence-electron chi connectivity index (χ2n) is 6.31. The van der Waals surface area contributed by atoms with Gasteiger partial charge in [-0.05, 0) is 49.1 Å². The number of amides is 2. The van der Waals surface area contributed by atoms with Gasteiger partial charge in [0.2, 0.25) is 5.91 Å². The second-order valence-corrected chi connectivity index (χ2v) is 7.40. The highest BCUT2D eigenvalue weighted by Crippen LogP contribution is 2.28. The molecule has 1 aromatic carbocycles. The molecule has 1 aromatic heterocycles. The van der Waals surface area contributed by atoms with Crippen LogP contribution in [0.15, 0.2) is 30.3 Å². The lowest BCUT2D eigenvalue weighted by molar-refractivity contribution is -0.129.